The number of halogens is 1. The van der Waals surface area contributed by atoms with Crippen LogP contribution in [0, 0.1) is 5.41 Å². The molecule has 0 bridgehead atoms. The van der Waals surface area contributed by atoms with Crippen LogP contribution in [-0.2, 0) is 11.2 Å². The lowest BCUT2D eigenvalue weighted by atomic mass is 9.80. The second-order valence-corrected chi connectivity index (χ2v) is 7.14. The van der Waals surface area contributed by atoms with Crippen molar-refractivity contribution in [1.82, 2.24) is 4.98 Å². The molecule has 1 N–H and O–H groups in total. The van der Waals surface area contributed by atoms with E-state index in [4.69, 9.17) is 16.7 Å². The van der Waals surface area contributed by atoms with Gasteiger partial charge in [-0.1, -0.05) is 30.5 Å². The molecule has 1 aliphatic rings. The van der Waals surface area contributed by atoms with E-state index in [0.29, 0.717) is 0 Å². The van der Waals surface area contributed by atoms with Gasteiger partial charge in [-0.25, -0.2) is 4.98 Å². The summed E-state index contributed by atoms with van der Waals surface area (Å²) >= 11 is 7.78. The molecule has 1 heterocycles. The quantitative estimate of drug-likeness (QED) is 0.903. The third kappa shape index (κ3) is 2.67. The summed E-state index contributed by atoms with van der Waals surface area (Å²) in [7, 11) is 0. The summed E-state index contributed by atoms with van der Waals surface area (Å²) in [5.74, 6) is -0.703. The Morgan fingerprint density at radius 1 is 1.40 bits per heavy atom. The van der Waals surface area contributed by atoms with E-state index in [0.717, 1.165) is 52.4 Å². The van der Waals surface area contributed by atoms with Gasteiger partial charge in [0.1, 0.15) is 0 Å². The third-order valence-corrected chi connectivity index (χ3v) is 5.66. The van der Waals surface area contributed by atoms with Gasteiger partial charge in [0, 0.05) is 6.42 Å². The van der Waals surface area contributed by atoms with Gasteiger partial charge in [-0.05, 0) is 30.4 Å². The fourth-order valence-electron chi connectivity index (χ4n) is 3.22. The molecule has 1 saturated carbocycles. The molecule has 1 aromatic carbocycles. The van der Waals surface area contributed by atoms with Crippen molar-refractivity contribution in [2.75, 3.05) is 0 Å². The predicted molar refractivity (Wildman–Crippen MR) is 81.5 cm³/mol. The summed E-state index contributed by atoms with van der Waals surface area (Å²) in [6.07, 6.45) is 5.23. The first-order chi connectivity index (χ1) is 9.58. The Balaban J connectivity index is 1.90. The summed E-state index contributed by atoms with van der Waals surface area (Å²) in [6, 6.07) is 5.73. The largest absolute Gasteiger partial charge is 0.481 e. The average molecular weight is 310 g/mol. The minimum absolute atomic E-state index is 0.105. The number of aromatic nitrogens is 1. The lowest BCUT2D eigenvalue weighted by Crippen LogP contribution is -2.23. The van der Waals surface area contributed by atoms with Crippen molar-refractivity contribution in [3.05, 3.63) is 28.2 Å². The second kappa shape index (κ2) is 5.34. The number of rotatable bonds is 4. The van der Waals surface area contributed by atoms with Crippen molar-refractivity contribution in [3.8, 4) is 0 Å². The zero-order valence-electron chi connectivity index (χ0n) is 11.1. The number of benzene rings is 1. The third-order valence-electron chi connectivity index (χ3n) is 4.13. The number of thiazole rings is 1. The van der Waals surface area contributed by atoms with Crippen LogP contribution < -0.4 is 0 Å². The molecule has 1 aliphatic carbocycles. The Bertz CT molecular complexity index is 646. The van der Waals surface area contributed by atoms with Gasteiger partial charge in [0.15, 0.2) is 0 Å². The highest BCUT2D eigenvalue weighted by molar-refractivity contribution is 7.19. The van der Waals surface area contributed by atoms with E-state index in [1.54, 1.807) is 11.3 Å². The maximum Gasteiger partial charge on any atom is 0.303 e. The molecule has 0 aliphatic heterocycles. The van der Waals surface area contributed by atoms with Crippen LogP contribution in [0.4, 0.5) is 0 Å². The molecule has 2 aromatic rings. The number of hydrogen-bond acceptors (Lipinski definition) is 3. The van der Waals surface area contributed by atoms with Crippen molar-refractivity contribution in [2.45, 2.75) is 38.5 Å². The molecule has 1 fully saturated rings. The fourth-order valence-corrected chi connectivity index (χ4v) is 4.65. The molecule has 1 aromatic heterocycles. The maximum atomic E-state index is 11.1. The smallest absolute Gasteiger partial charge is 0.303 e. The molecule has 0 spiro atoms. The van der Waals surface area contributed by atoms with Crippen molar-refractivity contribution >= 4 is 39.1 Å². The van der Waals surface area contributed by atoms with E-state index in [1.807, 2.05) is 18.2 Å². The Hall–Kier alpha value is -1.13. The number of fused-ring (bicyclic) bond motifs is 1. The van der Waals surface area contributed by atoms with Crippen LogP contribution in [0.3, 0.4) is 0 Å². The number of carbonyl (C=O) groups is 1. The van der Waals surface area contributed by atoms with E-state index in [2.05, 4.69) is 4.98 Å². The molecule has 5 heteroatoms. The van der Waals surface area contributed by atoms with E-state index in [9.17, 15) is 4.79 Å². The summed E-state index contributed by atoms with van der Waals surface area (Å²) in [5, 5.41) is 10.9. The normalized spacial score (nSPS) is 17.6. The van der Waals surface area contributed by atoms with E-state index >= 15 is 0 Å². The molecule has 3 rings (SSSR count). The standard InChI is InChI=1S/C15H16ClNO2S/c16-10-4-3-5-11-14(10)20-12(17-11)8-15(9-13(18)19)6-1-2-7-15/h3-5H,1-2,6-9H2,(H,18,19). The van der Waals surface area contributed by atoms with Crippen LogP contribution in [0.1, 0.15) is 37.1 Å². The van der Waals surface area contributed by atoms with Crippen LogP contribution in [-0.4, -0.2) is 16.1 Å². The average Bonchev–Trinajstić information content (AvgIpc) is 2.96. The lowest BCUT2D eigenvalue weighted by molar-refractivity contribution is -0.139. The minimum atomic E-state index is -0.703. The zero-order valence-corrected chi connectivity index (χ0v) is 12.6. The highest BCUT2D eigenvalue weighted by Gasteiger charge is 2.37. The van der Waals surface area contributed by atoms with Gasteiger partial charge in [0.2, 0.25) is 0 Å². The van der Waals surface area contributed by atoms with Crippen molar-refractivity contribution in [2.24, 2.45) is 5.41 Å². The van der Waals surface area contributed by atoms with Crippen molar-refractivity contribution in [3.63, 3.8) is 0 Å². The zero-order chi connectivity index (χ0) is 14.2. The molecule has 0 radical (unpaired) electrons. The van der Waals surface area contributed by atoms with Crippen LogP contribution in [0.5, 0.6) is 0 Å². The predicted octanol–water partition coefficient (Wildman–Crippen LogP) is 4.53. The van der Waals surface area contributed by atoms with Crippen LogP contribution in [0.25, 0.3) is 10.2 Å². The van der Waals surface area contributed by atoms with Gasteiger partial charge in [-0.15, -0.1) is 11.3 Å². The SMILES string of the molecule is O=C(O)CC1(Cc2nc3cccc(Cl)c3s2)CCCC1. The molecule has 0 atom stereocenters. The van der Waals surface area contributed by atoms with Gasteiger partial charge >= 0.3 is 5.97 Å². The van der Waals surface area contributed by atoms with Gasteiger partial charge in [-0.3, -0.25) is 4.79 Å². The number of carboxylic acid groups (broad SMARTS) is 1. The van der Waals surface area contributed by atoms with Crippen molar-refractivity contribution in [1.29, 1.82) is 0 Å². The number of aliphatic carboxylic acids is 1. The summed E-state index contributed by atoms with van der Waals surface area (Å²) in [6.45, 7) is 0. The molecular weight excluding hydrogens is 294 g/mol. The number of nitrogens with zero attached hydrogens (tertiary/aromatic N) is 1. The Morgan fingerprint density at radius 3 is 2.80 bits per heavy atom. The minimum Gasteiger partial charge on any atom is -0.481 e. The highest BCUT2D eigenvalue weighted by Crippen LogP contribution is 2.45. The summed E-state index contributed by atoms with van der Waals surface area (Å²) in [5.41, 5.74) is 0.813. The summed E-state index contributed by atoms with van der Waals surface area (Å²) in [4.78, 5) is 15.8. The van der Waals surface area contributed by atoms with Gasteiger partial charge in [0.05, 0.1) is 26.7 Å². The maximum absolute atomic E-state index is 11.1. The second-order valence-electron chi connectivity index (χ2n) is 5.65. The monoisotopic (exact) mass is 309 g/mol. The molecular formula is C15H16ClNO2S. The van der Waals surface area contributed by atoms with Crippen LogP contribution in [0.15, 0.2) is 18.2 Å². The van der Waals surface area contributed by atoms with Gasteiger partial charge < -0.3 is 5.11 Å². The molecule has 0 amide bonds. The molecule has 106 valence electrons. The fraction of sp³-hybridized carbons (Fsp3) is 0.467. The van der Waals surface area contributed by atoms with Crippen LogP contribution >= 0.6 is 22.9 Å². The topological polar surface area (TPSA) is 50.2 Å². The summed E-state index contributed by atoms with van der Waals surface area (Å²) < 4.78 is 1.01. The number of carboxylic acids is 1. The van der Waals surface area contributed by atoms with E-state index in [-0.39, 0.29) is 11.8 Å². The van der Waals surface area contributed by atoms with Crippen molar-refractivity contribution < 1.29 is 9.90 Å². The van der Waals surface area contributed by atoms with Gasteiger partial charge in [-0.2, -0.15) is 0 Å². The highest BCUT2D eigenvalue weighted by atomic mass is 35.5. The first-order valence-electron chi connectivity index (χ1n) is 6.84. The van der Waals surface area contributed by atoms with Gasteiger partial charge in [0.25, 0.3) is 0 Å². The van der Waals surface area contributed by atoms with E-state index in [1.165, 1.54) is 0 Å². The molecule has 20 heavy (non-hydrogen) atoms. The Labute approximate surface area is 126 Å². The molecule has 0 saturated heterocycles. The first-order valence-corrected chi connectivity index (χ1v) is 8.03. The molecule has 0 unspecified atom stereocenters. The van der Waals surface area contributed by atoms with Crippen LogP contribution in [0.2, 0.25) is 5.02 Å². The first kappa shape index (κ1) is 13.8. The number of hydrogen-bond donors (Lipinski definition) is 1. The van der Waals surface area contributed by atoms with E-state index < -0.39 is 5.97 Å². The Morgan fingerprint density at radius 2 is 2.15 bits per heavy atom. The lowest BCUT2D eigenvalue weighted by Gasteiger charge is -2.25. The molecule has 3 nitrogen and oxygen atoms in total. The Kier molecular flexibility index (Phi) is 3.69.